The molecule has 0 aromatic carbocycles. The molecule has 2 fully saturated rings. The Morgan fingerprint density at radius 3 is 2.33 bits per heavy atom. The molecule has 0 radical (unpaired) electrons. The molecule has 0 unspecified atom stereocenters. The quantitative estimate of drug-likeness (QED) is 0.333. The SMILES string of the molecule is CCC(C)(C)CC[C@]1(CNC(=O)OC(C)(C)C)CC[C@]2(C)C(=CC[C@@H]3[C@@]4(C)C=CC(=O)C(C)(C)[C@@H]4CC[C@]32C)C1. The number of amides is 1. The molecule has 1 N–H and O–H groups in total. The molecule has 6 atom stereocenters. The maximum atomic E-state index is 12.9. The Labute approximate surface area is 245 Å². The highest BCUT2D eigenvalue weighted by molar-refractivity contribution is 5.95. The highest BCUT2D eigenvalue weighted by Gasteiger charge is 2.65. The van der Waals surface area contributed by atoms with Crippen LogP contribution in [-0.2, 0) is 9.53 Å². The van der Waals surface area contributed by atoms with Crippen molar-refractivity contribution in [1.29, 1.82) is 0 Å². The van der Waals surface area contributed by atoms with E-state index in [-0.39, 0.29) is 33.2 Å². The van der Waals surface area contributed by atoms with Crippen LogP contribution in [0.4, 0.5) is 4.79 Å². The summed E-state index contributed by atoms with van der Waals surface area (Å²) in [6, 6.07) is 0. The minimum absolute atomic E-state index is 0.0351. The molecule has 0 bridgehead atoms. The summed E-state index contributed by atoms with van der Waals surface area (Å²) in [5.74, 6) is 1.22. The van der Waals surface area contributed by atoms with Gasteiger partial charge in [0.25, 0.3) is 0 Å². The number of allylic oxidation sites excluding steroid dienone is 4. The number of carbonyl (C=O) groups is 2. The summed E-state index contributed by atoms with van der Waals surface area (Å²) in [6.07, 6.45) is 16.7. The van der Waals surface area contributed by atoms with Crippen molar-refractivity contribution in [2.24, 2.45) is 44.3 Å². The average Bonchev–Trinajstić information content (AvgIpc) is 2.84. The third-order valence-electron chi connectivity index (χ3n) is 12.9. The summed E-state index contributed by atoms with van der Waals surface area (Å²) in [5.41, 5.74) is 1.54. The molecular formula is C36H59NO3. The second kappa shape index (κ2) is 10.0. The van der Waals surface area contributed by atoms with Crippen LogP contribution in [0.5, 0.6) is 0 Å². The standard InChI is InChI=1S/C36H59NO3/c1-12-31(5,6)19-21-36(24-37-29(39)40-30(2,3)4)22-20-34(10)25(23-36)13-14-27-33(9)17-16-28(38)32(7,8)26(33)15-18-35(27,34)11/h13,16-17,26-27H,12,14-15,18-24H2,1-11H3,(H,37,39)/t26-,27+,33-,34+,35+,36-/m0/s1. The third-order valence-corrected chi connectivity index (χ3v) is 12.9. The molecule has 0 aromatic heterocycles. The lowest BCUT2D eigenvalue weighted by Crippen LogP contribution is -2.62. The van der Waals surface area contributed by atoms with Crippen molar-refractivity contribution in [2.75, 3.05) is 6.54 Å². The lowest BCUT2D eigenvalue weighted by Gasteiger charge is -2.68. The summed E-state index contributed by atoms with van der Waals surface area (Å²) >= 11 is 0. The van der Waals surface area contributed by atoms with Crippen molar-refractivity contribution in [3.05, 3.63) is 23.8 Å². The van der Waals surface area contributed by atoms with Crippen molar-refractivity contribution < 1.29 is 14.3 Å². The molecule has 4 heteroatoms. The predicted molar refractivity (Wildman–Crippen MR) is 165 cm³/mol. The smallest absolute Gasteiger partial charge is 0.407 e. The van der Waals surface area contributed by atoms with E-state index in [9.17, 15) is 9.59 Å². The molecule has 0 aromatic rings. The van der Waals surface area contributed by atoms with Gasteiger partial charge in [-0.15, -0.1) is 0 Å². The number of carbonyl (C=O) groups excluding carboxylic acids is 2. The van der Waals surface area contributed by atoms with Gasteiger partial charge in [0.2, 0.25) is 0 Å². The Morgan fingerprint density at radius 2 is 1.70 bits per heavy atom. The van der Waals surface area contributed by atoms with Gasteiger partial charge in [0.1, 0.15) is 5.60 Å². The monoisotopic (exact) mass is 553 g/mol. The van der Waals surface area contributed by atoms with E-state index in [1.165, 1.54) is 6.42 Å². The first kappa shape index (κ1) is 31.4. The van der Waals surface area contributed by atoms with Crippen LogP contribution < -0.4 is 5.32 Å². The molecule has 40 heavy (non-hydrogen) atoms. The predicted octanol–water partition coefficient (Wildman–Crippen LogP) is 9.44. The summed E-state index contributed by atoms with van der Waals surface area (Å²) in [4.78, 5) is 25.7. The number of hydrogen-bond donors (Lipinski definition) is 1. The topological polar surface area (TPSA) is 55.4 Å². The third kappa shape index (κ3) is 5.24. The van der Waals surface area contributed by atoms with Gasteiger partial charge in [-0.25, -0.2) is 4.79 Å². The number of ketones is 1. The second-order valence-corrected chi connectivity index (χ2v) is 17.2. The fraction of sp³-hybridized carbons (Fsp3) is 0.833. The van der Waals surface area contributed by atoms with Crippen LogP contribution in [0.3, 0.4) is 0 Å². The van der Waals surface area contributed by atoms with Gasteiger partial charge in [0.15, 0.2) is 5.78 Å². The fourth-order valence-corrected chi connectivity index (χ4v) is 9.43. The maximum Gasteiger partial charge on any atom is 0.407 e. The van der Waals surface area contributed by atoms with Gasteiger partial charge in [-0.3, -0.25) is 4.79 Å². The van der Waals surface area contributed by atoms with Crippen molar-refractivity contribution in [2.45, 2.75) is 140 Å². The second-order valence-electron chi connectivity index (χ2n) is 17.2. The highest BCUT2D eigenvalue weighted by atomic mass is 16.6. The number of alkyl carbamates (subject to hydrolysis) is 1. The Hall–Kier alpha value is -1.58. The lowest BCUT2D eigenvalue weighted by molar-refractivity contribution is -0.153. The zero-order chi connectivity index (χ0) is 30.0. The summed E-state index contributed by atoms with van der Waals surface area (Å²) in [6.45, 7) is 25.5. The summed E-state index contributed by atoms with van der Waals surface area (Å²) < 4.78 is 5.64. The molecule has 0 saturated heterocycles. The first-order valence-electron chi connectivity index (χ1n) is 16.1. The van der Waals surface area contributed by atoms with E-state index >= 15 is 0 Å². The van der Waals surface area contributed by atoms with E-state index in [2.05, 4.69) is 72.9 Å². The Morgan fingerprint density at radius 1 is 1.02 bits per heavy atom. The number of fused-ring (bicyclic) bond motifs is 5. The molecule has 4 aliphatic carbocycles. The lowest BCUT2D eigenvalue weighted by atomic mass is 9.36. The van der Waals surface area contributed by atoms with E-state index in [0.717, 1.165) is 51.4 Å². The summed E-state index contributed by atoms with van der Waals surface area (Å²) in [7, 11) is 0. The number of nitrogens with one attached hydrogen (secondary N) is 1. The molecule has 4 aliphatic rings. The minimum Gasteiger partial charge on any atom is -0.444 e. The first-order valence-corrected chi connectivity index (χ1v) is 16.1. The Bertz CT molecular complexity index is 1080. The zero-order valence-electron chi connectivity index (χ0n) is 27.7. The van der Waals surface area contributed by atoms with Crippen molar-refractivity contribution in [3.63, 3.8) is 0 Å². The van der Waals surface area contributed by atoms with E-state index in [0.29, 0.717) is 29.6 Å². The van der Waals surface area contributed by atoms with Gasteiger partial charge < -0.3 is 10.1 Å². The van der Waals surface area contributed by atoms with Crippen LogP contribution in [0.1, 0.15) is 134 Å². The minimum atomic E-state index is -0.496. The van der Waals surface area contributed by atoms with Gasteiger partial charge in [-0.1, -0.05) is 79.5 Å². The molecule has 2 saturated carbocycles. The molecule has 1 amide bonds. The van der Waals surface area contributed by atoms with E-state index in [1.807, 2.05) is 26.8 Å². The van der Waals surface area contributed by atoms with Crippen molar-refractivity contribution in [3.8, 4) is 0 Å². The van der Waals surface area contributed by atoms with Crippen molar-refractivity contribution >= 4 is 11.9 Å². The molecule has 4 rings (SSSR count). The van der Waals surface area contributed by atoms with Crippen LogP contribution in [0.25, 0.3) is 0 Å². The van der Waals surface area contributed by atoms with Gasteiger partial charge >= 0.3 is 6.09 Å². The first-order chi connectivity index (χ1) is 18.2. The van der Waals surface area contributed by atoms with Gasteiger partial charge in [0.05, 0.1) is 0 Å². The van der Waals surface area contributed by atoms with E-state index < -0.39 is 5.60 Å². The fourth-order valence-electron chi connectivity index (χ4n) is 9.43. The Balaban J connectivity index is 1.65. The number of ether oxygens (including phenoxy) is 1. The average molecular weight is 554 g/mol. The maximum absolute atomic E-state index is 12.9. The number of hydrogen-bond acceptors (Lipinski definition) is 3. The summed E-state index contributed by atoms with van der Waals surface area (Å²) in [5, 5.41) is 3.20. The van der Waals surface area contributed by atoms with Crippen LogP contribution in [-0.4, -0.2) is 24.0 Å². The van der Waals surface area contributed by atoms with Gasteiger partial charge in [-0.05, 0) is 117 Å². The van der Waals surface area contributed by atoms with Crippen LogP contribution in [0, 0.1) is 44.3 Å². The van der Waals surface area contributed by atoms with E-state index in [4.69, 9.17) is 4.74 Å². The molecule has 4 nitrogen and oxygen atoms in total. The van der Waals surface area contributed by atoms with Gasteiger partial charge in [-0.2, -0.15) is 0 Å². The largest absolute Gasteiger partial charge is 0.444 e. The molecular weight excluding hydrogens is 494 g/mol. The van der Waals surface area contributed by atoms with E-state index in [1.54, 1.807) is 5.57 Å². The highest BCUT2D eigenvalue weighted by Crippen LogP contribution is 2.72. The molecule has 0 aliphatic heterocycles. The Kier molecular flexibility index (Phi) is 7.85. The van der Waals surface area contributed by atoms with Crippen LogP contribution >= 0.6 is 0 Å². The van der Waals surface area contributed by atoms with Crippen molar-refractivity contribution in [1.82, 2.24) is 5.32 Å². The zero-order valence-corrected chi connectivity index (χ0v) is 27.7. The molecule has 0 spiro atoms. The number of rotatable bonds is 6. The van der Waals surface area contributed by atoms with Crippen LogP contribution in [0.2, 0.25) is 0 Å². The van der Waals surface area contributed by atoms with Crippen LogP contribution in [0.15, 0.2) is 23.8 Å². The van der Waals surface area contributed by atoms with Gasteiger partial charge in [0, 0.05) is 12.0 Å². The normalized spacial score (nSPS) is 39.0. The molecule has 0 heterocycles. The molecule has 226 valence electrons.